The minimum absolute atomic E-state index is 0.209. The molecule has 0 amide bonds. The molecule has 3 nitrogen and oxygen atoms in total. The number of Topliss-reactive ketones (excluding diaryl/α,β-unsaturated/α-hetero) is 1. The van der Waals surface area contributed by atoms with Crippen molar-refractivity contribution in [2.75, 3.05) is 6.61 Å². The second-order valence-corrected chi connectivity index (χ2v) is 3.47. The molecule has 15 heavy (non-hydrogen) atoms. The molecule has 0 fully saturated rings. The van der Waals surface area contributed by atoms with Crippen LogP contribution in [-0.4, -0.2) is 18.4 Å². The summed E-state index contributed by atoms with van der Waals surface area (Å²) >= 11 is 4.10. The average Bonchev–Trinajstić information content (AvgIpc) is 2.18. The van der Waals surface area contributed by atoms with Crippen molar-refractivity contribution >= 4 is 24.4 Å². The van der Waals surface area contributed by atoms with Crippen LogP contribution in [0.2, 0.25) is 0 Å². The van der Waals surface area contributed by atoms with Crippen LogP contribution in [0.25, 0.3) is 0 Å². The van der Waals surface area contributed by atoms with E-state index < -0.39 is 5.97 Å². The normalized spacial score (nSPS) is 9.73. The Labute approximate surface area is 93.8 Å². The highest BCUT2D eigenvalue weighted by Gasteiger charge is 2.11. The predicted octanol–water partition coefficient (Wildman–Crippen LogP) is 2.11. The van der Waals surface area contributed by atoms with E-state index in [1.807, 2.05) is 0 Å². The topological polar surface area (TPSA) is 43.4 Å². The van der Waals surface area contributed by atoms with Crippen LogP contribution in [0.1, 0.15) is 23.7 Å². The van der Waals surface area contributed by atoms with Gasteiger partial charge in [0.15, 0.2) is 5.78 Å². The monoisotopic (exact) mass is 224 g/mol. The summed E-state index contributed by atoms with van der Waals surface area (Å²) in [5.41, 5.74) is 0.501. The number of rotatable bonds is 4. The first kappa shape index (κ1) is 11.8. The fraction of sp³-hybridized carbons (Fsp3) is 0.273. The molecule has 1 aromatic rings. The van der Waals surface area contributed by atoms with Gasteiger partial charge in [0, 0.05) is 10.5 Å². The summed E-state index contributed by atoms with van der Waals surface area (Å²) in [6.07, 6.45) is -0.209. The van der Waals surface area contributed by atoms with E-state index >= 15 is 0 Å². The molecule has 1 aromatic carbocycles. The van der Waals surface area contributed by atoms with Gasteiger partial charge in [0.2, 0.25) is 0 Å². The van der Waals surface area contributed by atoms with Crippen molar-refractivity contribution in [2.24, 2.45) is 0 Å². The lowest BCUT2D eigenvalue weighted by atomic mass is 10.1. The van der Waals surface area contributed by atoms with Crippen molar-refractivity contribution in [1.29, 1.82) is 0 Å². The molecule has 0 saturated heterocycles. The van der Waals surface area contributed by atoms with Crippen LogP contribution in [0.15, 0.2) is 29.2 Å². The zero-order chi connectivity index (χ0) is 11.3. The highest BCUT2D eigenvalue weighted by atomic mass is 32.1. The minimum Gasteiger partial charge on any atom is -0.466 e. The standard InChI is InChI=1S/C11H12O3S/c1-2-14-11(13)7-10(12)8-3-5-9(15)6-4-8/h3-6,15H,2,7H2,1H3. The van der Waals surface area contributed by atoms with E-state index in [0.29, 0.717) is 12.2 Å². The smallest absolute Gasteiger partial charge is 0.313 e. The number of ether oxygens (including phenoxy) is 1. The summed E-state index contributed by atoms with van der Waals surface area (Å²) in [5, 5.41) is 0. The van der Waals surface area contributed by atoms with E-state index in [4.69, 9.17) is 0 Å². The molecule has 80 valence electrons. The molecular formula is C11H12O3S. The Morgan fingerprint density at radius 2 is 1.87 bits per heavy atom. The number of ketones is 1. The maximum Gasteiger partial charge on any atom is 0.313 e. The van der Waals surface area contributed by atoms with Gasteiger partial charge >= 0.3 is 5.97 Å². The molecule has 1 rings (SSSR count). The molecule has 0 atom stereocenters. The van der Waals surface area contributed by atoms with Gasteiger partial charge in [-0.1, -0.05) is 12.1 Å². The van der Waals surface area contributed by atoms with Gasteiger partial charge < -0.3 is 4.74 Å². The molecule has 4 heteroatoms. The lowest BCUT2D eigenvalue weighted by Crippen LogP contribution is -2.11. The van der Waals surface area contributed by atoms with E-state index in [1.54, 1.807) is 31.2 Å². The molecule has 0 N–H and O–H groups in total. The maximum absolute atomic E-state index is 11.5. The average molecular weight is 224 g/mol. The maximum atomic E-state index is 11.5. The quantitative estimate of drug-likeness (QED) is 0.368. The van der Waals surface area contributed by atoms with Gasteiger partial charge in [-0.25, -0.2) is 0 Å². The summed E-state index contributed by atoms with van der Waals surface area (Å²) < 4.78 is 4.68. The third-order valence-corrected chi connectivity index (χ3v) is 2.10. The number of benzene rings is 1. The molecule has 0 bridgehead atoms. The molecule has 0 aromatic heterocycles. The fourth-order valence-corrected chi connectivity index (χ4v) is 1.24. The lowest BCUT2D eigenvalue weighted by molar-refractivity contribution is -0.141. The van der Waals surface area contributed by atoms with Crippen molar-refractivity contribution in [3.8, 4) is 0 Å². The Balaban J connectivity index is 2.61. The number of thiol groups is 1. The number of hydrogen-bond donors (Lipinski definition) is 1. The Morgan fingerprint density at radius 3 is 2.40 bits per heavy atom. The van der Waals surface area contributed by atoms with Gasteiger partial charge in [-0.15, -0.1) is 12.6 Å². The van der Waals surface area contributed by atoms with Crippen LogP contribution >= 0.6 is 12.6 Å². The number of esters is 1. The molecular weight excluding hydrogens is 212 g/mol. The van der Waals surface area contributed by atoms with Gasteiger partial charge in [0.05, 0.1) is 6.61 Å². The first-order valence-electron chi connectivity index (χ1n) is 4.61. The number of carbonyl (C=O) groups excluding carboxylic acids is 2. The largest absolute Gasteiger partial charge is 0.466 e. The summed E-state index contributed by atoms with van der Waals surface area (Å²) in [6, 6.07) is 6.71. The van der Waals surface area contributed by atoms with Crippen LogP contribution < -0.4 is 0 Å². The zero-order valence-electron chi connectivity index (χ0n) is 8.40. The van der Waals surface area contributed by atoms with E-state index in [1.165, 1.54) is 0 Å². The zero-order valence-corrected chi connectivity index (χ0v) is 9.29. The van der Waals surface area contributed by atoms with Crippen molar-refractivity contribution in [1.82, 2.24) is 0 Å². The molecule has 0 radical (unpaired) electrons. The third kappa shape index (κ3) is 3.75. The lowest BCUT2D eigenvalue weighted by Gasteiger charge is -2.01. The SMILES string of the molecule is CCOC(=O)CC(=O)c1ccc(S)cc1. The van der Waals surface area contributed by atoms with Gasteiger partial charge in [-0.2, -0.15) is 0 Å². The summed E-state index contributed by atoms with van der Waals surface area (Å²) in [4.78, 5) is 23.3. The van der Waals surface area contributed by atoms with Crippen LogP contribution in [0, 0.1) is 0 Å². The second-order valence-electron chi connectivity index (χ2n) is 2.95. The van der Waals surface area contributed by atoms with Crippen molar-refractivity contribution in [3.05, 3.63) is 29.8 Å². The van der Waals surface area contributed by atoms with Gasteiger partial charge in [-0.05, 0) is 19.1 Å². The Morgan fingerprint density at radius 1 is 1.27 bits per heavy atom. The van der Waals surface area contributed by atoms with E-state index in [-0.39, 0.29) is 12.2 Å². The minimum atomic E-state index is -0.488. The fourth-order valence-electron chi connectivity index (χ4n) is 1.09. The van der Waals surface area contributed by atoms with E-state index in [0.717, 1.165) is 4.90 Å². The Hall–Kier alpha value is -1.29. The highest BCUT2D eigenvalue weighted by molar-refractivity contribution is 7.80. The van der Waals surface area contributed by atoms with E-state index in [9.17, 15) is 9.59 Å². The van der Waals surface area contributed by atoms with Crippen LogP contribution in [0.5, 0.6) is 0 Å². The van der Waals surface area contributed by atoms with Crippen molar-refractivity contribution in [2.45, 2.75) is 18.2 Å². The highest BCUT2D eigenvalue weighted by Crippen LogP contribution is 2.09. The molecule has 0 unspecified atom stereocenters. The summed E-state index contributed by atoms with van der Waals surface area (Å²) in [7, 11) is 0. The van der Waals surface area contributed by atoms with E-state index in [2.05, 4.69) is 17.4 Å². The van der Waals surface area contributed by atoms with Gasteiger partial charge in [0.25, 0.3) is 0 Å². The molecule has 0 saturated carbocycles. The molecule has 0 aliphatic rings. The van der Waals surface area contributed by atoms with Gasteiger partial charge in [-0.3, -0.25) is 9.59 Å². The van der Waals surface area contributed by atoms with Crippen LogP contribution in [0.4, 0.5) is 0 Å². The predicted molar refractivity (Wildman–Crippen MR) is 59.3 cm³/mol. The van der Waals surface area contributed by atoms with Crippen molar-refractivity contribution < 1.29 is 14.3 Å². The third-order valence-electron chi connectivity index (χ3n) is 1.80. The first-order valence-corrected chi connectivity index (χ1v) is 5.06. The molecule has 0 heterocycles. The number of hydrogen-bond acceptors (Lipinski definition) is 4. The Bertz CT molecular complexity index is 357. The number of carbonyl (C=O) groups is 2. The summed E-state index contributed by atoms with van der Waals surface area (Å²) in [6.45, 7) is 2.00. The molecule has 0 aliphatic heterocycles. The summed E-state index contributed by atoms with van der Waals surface area (Å²) in [5.74, 6) is -0.723. The van der Waals surface area contributed by atoms with Crippen LogP contribution in [0.3, 0.4) is 0 Å². The first-order chi connectivity index (χ1) is 7.13. The molecule has 0 spiro atoms. The second kappa shape index (κ2) is 5.56. The molecule has 0 aliphatic carbocycles. The van der Waals surface area contributed by atoms with Crippen molar-refractivity contribution in [3.63, 3.8) is 0 Å². The Kier molecular flexibility index (Phi) is 4.37. The van der Waals surface area contributed by atoms with Gasteiger partial charge in [0.1, 0.15) is 6.42 Å². The van der Waals surface area contributed by atoms with Crippen LogP contribution in [-0.2, 0) is 9.53 Å².